The van der Waals surface area contributed by atoms with Gasteiger partial charge in [0, 0.05) is 30.0 Å². The summed E-state index contributed by atoms with van der Waals surface area (Å²) in [6, 6.07) is 15.2. The van der Waals surface area contributed by atoms with Crippen LogP contribution in [0, 0.1) is 0 Å². The van der Waals surface area contributed by atoms with Gasteiger partial charge >= 0.3 is 6.18 Å². The topological polar surface area (TPSA) is 54.7 Å². The summed E-state index contributed by atoms with van der Waals surface area (Å²) >= 11 is 5.77. The lowest BCUT2D eigenvalue weighted by atomic mass is 10.1. The molecule has 6 nitrogen and oxygen atoms in total. The number of alkyl halides is 3. The zero-order valence-corrected chi connectivity index (χ0v) is 18.1. The van der Waals surface area contributed by atoms with E-state index in [2.05, 4.69) is 20.3 Å². The quantitative estimate of drug-likeness (QED) is 0.415. The second-order valence-corrected chi connectivity index (χ2v) is 8.01. The SMILES string of the molecule is FC(F)(F)c1cc(-c2ccc3cnc(Nc4ccc(N5CCOCC5)cc4)nn23)ccc1Cl. The molecule has 1 fully saturated rings. The highest BCUT2D eigenvalue weighted by Gasteiger charge is 2.33. The number of rotatable bonds is 4. The third-order valence-electron chi connectivity index (χ3n) is 5.47. The van der Waals surface area contributed by atoms with Crippen LogP contribution >= 0.6 is 11.6 Å². The maximum atomic E-state index is 13.3. The number of morpholine rings is 1. The largest absolute Gasteiger partial charge is 0.417 e. The van der Waals surface area contributed by atoms with Crippen molar-refractivity contribution < 1.29 is 17.9 Å². The Kier molecular flexibility index (Phi) is 5.59. The van der Waals surface area contributed by atoms with Gasteiger partial charge in [0.1, 0.15) is 0 Å². The van der Waals surface area contributed by atoms with Crippen molar-refractivity contribution in [1.82, 2.24) is 14.6 Å². The molecule has 1 saturated heterocycles. The monoisotopic (exact) mass is 473 g/mol. The molecule has 3 heterocycles. The number of benzene rings is 2. The number of hydrogen-bond acceptors (Lipinski definition) is 5. The van der Waals surface area contributed by atoms with E-state index in [9.17, 15) is 13.2 Å². The van der Waals surface area contributed by atoms with Crippen molar-refractivity contribution in [2.45, 2.75) is 6.18 Å². The van der Waals surface area contributed by atoms with Crippen molar-refractivity contribution in [3.63, 3.8) is 0 Å². The average molecular weight is 474 g/mol. The zero-order chi connectivity index (χ0) is 23.0. The van der Waals surface area contributed by atoms with Gasteiger partial charge in [-0.25, -0.2) is 9.50 Å². The van der Waals surface area contributed by atoms with Gasteiger partial charge in [0.05, 0.1) is 41.2 Å². The van der Waals surface area contributed by atoms with Crippen molar-refractivity contribution in [3.05, 3.63) is 71.4 Å². The summed E-state index contributed by atoms with van der Waals surface area (Å²) < 4.78 is 46.8. The molecule has 0 bridgehead atoms. The molecule has 1 N–H and O–H groups in total. The molecule has 0 amide bonds. The summed E-state index contributed by atoms with van der Waals surface area (Å²) in [6.07, 6.45) is -2.93. The maximum Gasteiger partial charge on any atom is 0.417 e. The molecule has 2 aromatic heterocycles. The van der Waals surface area contributed by atoms with Gasteiger partial charge < -0.3 is 15.0 Å². The lowest BCUT2D eigenvalue weighted by Crippen LogP contribution is -2.36. The fraction of sp³-hybridized carbons (Fsp3) is 0.217. The van der Waals surface area contributed by atoms with Gasteiger partial charge in [-0.15, -0.1) is 5.10 Å². The highest BCUT2D eigenvalue weighted by molar-refractivity contribution is 6.31. The Bertz CT molecular complexity index is 1280. The Morgan fingerprint density at radius 3 is 2.45 bits per heavy atom. The Morgan fingerprint density at radius 2 is 1.73 bits per heavy atom. The van der Waals surface area contributed by atoms with Crippen LogP contribution in [0.4, 0.5) is 30.5 Å². The average Bonchev–Trinajstić information content (AvgIpc) is 3.23. The van der Waals surface area contributed by atoms with Crippen molar-refractivity contribution >= 4 is 34.4 Å². The van der Waals surface area contributed by atoms with Crippen molar-refractivity contribution in [2.75, 3.05) is 36.5 Å². The molecule has 5 rings (SSSR count). The van der Waals surface area contributed by atoms with Crippen LogP contribution in [0.1, 0.15) is 5.56 Å². The van der Waals surface area contributed by atoms with E-state index in [-0.39, 0.29) is 5.02 Å². The third kappa shape index (κ3) is 4.46. The lowest BCUT2D eigenvalue weighted by Gasteiger charge is -2.28. The predicted octanol–water partition coefficient (Wildman–Crippen LogP) is 5.65. The molecule has 33 heavy (non-hydrogen) atoms. The van der Waals surface area contributed by atoms with Crippen LogP contribution < -0.4 is 10.2 Å². The number of halogens is 4. The van der Waals surface area contributed by atoms with Crippen LogP contribution in [0.2, 0.25) is 5.02 Å². The molecular formula is C23H19ClF3N5O. The molecule has 0 unspecified atom stereocenters. The highest BCUT2D eigenvalue weighted by Crippen LogP contribution is 2.37. The number of anilines is 3. The minimum atomic E-state index is -4.55. The highest BCUT2D eigenvalue weighted by atomic mass is 35.5. The molecule has 1 aliphatic heterocycles. The molecule has 0 saturated carbocycles. The van der Waals surface area contributed by atoms with E-state index >= 15 is 0 Å². The summed E-state index contributed by atoms with van der Waals surface area (Å²) in [7, 11) is 0. The first-order chi connectivity index (χ1) is 15.9. The second kappa shape index (κ2) is 8.57. The van der Waals surface area contributed by atoms with Crippen LogP contribution in [0.25, 0.3) is 16.8 Å². The van der Waals surface area contributed by atoms with Crippen LogP contribution in [-0.4, -0.2) is 40.9 Å². The first kappa shape index (κ1) is 21.5. The maximum absolute atomic E-state index is 13.3. The van der Waals surface area contributed by atoms with Gasteiger partial charge in [-0.1, -0.05) is 17.7 Å². The zero-order valence-electron chi connectivity index (χ0n) is 17.3. The summed E-state index contributed by atoms with van der Waals surface area (Å²) in [5.74, 6) is 0.323. The van der Waals surface area contributed by atoms with E-state index in [0.29, 0.717) is 35.9 Å². The van der Waals surface area contributed by atoms with E-state index in [1.807, 2.05) is 24.3 Å². The number of aromatic nitrogens is 3. The van der Waals surface area contributed by atoms with Gasteiger partial charge in [-0.05, 0) is 48.5 Å². The van der Waals surface area contributed by atoms with E-state index in [0.717, 1.165) is 30.5 Å². The smallest absolute Gasteiger partial charge is 0.378 e. The Hall–Kier alpha value is -3.30. The fourth-order valence-electron chi connectivity index (χ4n) is 3.79. The standard InChI is InChI=1S/C23H19ClF3N5O/c24-20-7-1-15(13-19(20)23(25,26)27)21-8-6-18-14-28-22(30-32(18)21)29-16-2-4-17(5-3-16)31-9-11-33-12-10-31/h1-8,13-14H,9-12H2,(H,29,30). The van der Waals surface area contributed by atoms with Crippen LogP contribution in [0.3, 0.4) is 0 Å². The van der Waals surface area contributed by atoms with E-state index in [1.165, 1.54) is 6.07 Å². The normalized spacial score (nSPS) is 14.6. The van der Waals surface area contributed by atoms with Crippen LogP contribution in [-0.2, 0) is 10.9 Å². The summed E-state index contributed by atoms with van der Waals surface area (Å²) in [5, 5.41) is 7.30. The minimum absolute atomic E-state index is 0.323. The number of hydrogen-bond donors (Lipinski definition) is 1. The third-order valence-corrected chi connectivity index (χ3v) is 5.80. The van der Waals surface area contributed by atoms with Gasteiger partial charge in [0.25, 0.3) is 0 Å². The van der Waals surface area contributed by atoms with E-state index < -0.39 is 11.7 Å². The molecule has 0 atom stereocenters. The lowest BCUT2D eigenvalue weighted by molar-refractivity contribution is -0.137. The van der Waals surface area contributed by atoms with Gasteiger partial charge in [0.15, 0.2) is 0 Å². The van der Waals surface area contributed by atoms with E-state index in [4.69, 9.17) is 16.3 Å². The number of nitrogens with one attached hydrogen (secondary N) is 1. The first-order valence-electron chi connectivity index (χ1n) is 10.3. The van der Waals surface area contributed by atoms with Gasteiger partial charge in [0.2, 0.25) is 5.95 Å². The number of nitrogens with zero attached hydrogens (tertiary/aromatic N) is 4. The summed E-state index contributed by atoms with van der Waals surface area (Å²) in [4.78, 5) is 6.57. The van der Waals surface area contributed by atoms with Crippen LogP contribution in [0.5, 0.6) is 0 Å². The molecule has 4 aromatic rings. The molecular weight excluding hydrogens is 455 g/mol. The summed E-state index contributed by atoms with van der Waals surface area (Å²) in [5.41, 5.74) is 2.53. The van der Waals surface area contributed by atoms with Crippen LogP contribution in [0.15, 0.2) is 60.8 Å². The Morgan fingerprint density at radius 1 is 0.970 bits per heavy atom. The number of ether oxygens (including phenoxy) is 1. The van der Waals surface area contributed by atoms with E-state index in [1.54, 1.807) is 28.9 Å². The molecule has 10 heteroatoms. The van der Waals surface area contributed by atoms with Crippen molar-refractivity contribution in [2.24, 2.45) is 0 Å². The fourth-order valence-corrected chi connectivity index (χ4v) is 4.01. The minimum Gasteiger partial charge on any atom is -0.378 e. The van der Waals surface area contributed by atoms with Gasteiger partial charge in [-0.2, -0.15) is 13.2 Å². The molecule has 0 aliphatic carbocycles. The van der Waals surface area contributed by atoms with Crippen molar-refractivity contribution in [3.8, 4) is 11.3 Å². The molecule has 0 radical (unpaired) electrons. The predicted molar refractivity (Wildman–Crippen MR) is 121 cm³/mol. The molecule has 1 aliphatic rings. The molecule has 2 aromatic carbocycles. The Balaban J connectivity index is 1.42. The molecule has 0 spiro atoms. The summed E-state index contributed by atoms with van der Waals surface area (Å²) in [6.45, 7) is 3.13. The molecule has 170 valence electrons. The van der Waals surface area contributed by atoms with Gasteiger partial charge in [-0.3, -0.25) is 0 Å². The van der Waals surface area contributed by atoms with Crippen molar-refractivity contribution in [1.29, 1.82) is 0 Å². The Labute approximate surface area is 192 Å². The first-order valence-corrected chi connectivity index (χ1v) is 10.7. The number of fused-ring (bicyclic) bond motifs is 1. The second-order valence-electron chi connectivity index (χ2n) is 7.60.